The average molecular weight is 519 g/mol. The molecule has 1 aromatic carbocycles. The van der Waals surface area contributed by atoms with Crippen molar-refractivity contribution in [2.75, 3.05) is 18.9 Å². The summed E-state index contributed by atoms with van der Waals surface area (Å²) in [6, 6.07) is 6.33. The van der Waals surface area contributed by atoms with E-state index >= 15 is 0 Å². The molecular formula is C23H33F3N4O4S. The van der Waals surface area contributed by atoms with E-state index < -0.39 is 27.7 Å². The van der Waals surface area contributed by atoms with Gasteiger partial charge in [0.15, 0.2) is 0 Å². The molecule has 2 rings (SSSR count). The number of rotatable bonds is 8. The third-order valence-corrected chi connectivity index (χ3v) is 6.73. The lowest BCUT2D eigenvalue weighted by molar-refractivity contribution is -0.156. The summed E-state index contributed by atoms with van der Waals surface area (Å²) >= 11 is 0. The van der Waals surface area contributed by atoms with Crippen LogP contribution in [-0.2, 0) is 38.8 Å². The maximum atomic E-state index is 13.4. The van der Waals surface area contributed by atoms with Gasteiger partial charge in [-0.1, -0.05) is 34.6 Å². The van der Waals surface area contributed by atoms with Crippen LogP contribution in [0.3, 0.4) is 0 Å². The fourth-order valence-electron chi connectivity index (χ4n) is 2.98. The number of sulfone groups is 1. The maximum Gasteiger partial charge on any atom is 0.446 e. The molecule has 2 aromatic rings. The van der Waals surface area contributed by atoms with Crippen LogP contribution in [0.15, 0.2) is 34.1 Å². The van der Waals surface area contributed by atoms with Crippen LogP contribution in [0.4, 0.5) is 18.9 Å². The van der Waals surface area contributed by atoms with Crippen LogP contribution in [-0.4, -0.2) is 50.2 Å². The van der Waals surface area contributed by atoms with Gasteiger partial charge in [0.25, 0.3) is 0 Å². The van der Waals surface area contributed by atoms with Gasteiger partial charge >= 0.3 is 6.18 Å². The number of anilines is 1. The third kappa shape index (κ3) is 8.46. The number of nitrogens with zero attached hydrogens (tertiary/aromatic N) is 2. The Labute approximate surface area is 204 Å². The number of nitrogens with one attached hydrogen (secondary N) is 2. The summed E-state index contributed by atoms with van der Waals surface area (Å²) in [6.07, 6.45) is -4.59. The zero-order chi connectivity index (χ0) is 27.0. The molecule has 0 saturated carbocycles. The fraction of sp³-hybridized carbons (Fsp3) is 0.522. The van der Waals surface area contributed by atoms with E-state index in [0.717, 1.165) is 5.69 Å². The first-order valence-corrected chi connectivity index (χ1v) is 12.5. The molecule has 0 bridgehead atoms. The number of halogens is 3. The minimum absolute atomic E-state index is 0.125. The Bertz CT molecular complexity index is 1100. The van der Waals surface area contributed by atoms with Crippen molar-refractivity contribution in [1.29, 1.82) is 0 Å². The molecule has 8 nitrogen and oxygen atoms in total. The van der Waals surface area contributed by atoms with Crippen molar-refractivity contribution in [1.82, 2.24) is 15.1 Å². The predicted octanol–water partition coefficient (Wildman–Crippen LogP) is 3.79. The second-order valence-corrected chi connectivity index (χ2v) is 10.5. The Balaban J connectivity index is 0.000000905. The Morgan fingerprint density at radius 3 is 2.03 bits per heavy atom. The number of aldehydes is 1. The smallest absolute Gasteiger partial charge is 0.326 e. The summed E-state index contributed by atoms with van der Waals surface area (Å²) in [5, 5.41) is 10.4. The van der Waals surface area contributed by atoms with Crippen LogP contribution < -0.4 is 10.6 Å². The SMILES string of the molecule is CCc1nn(CCNC)c(CC)c1S(=O)(=O)c1ccc(NC(=O)C(C)(C)C)cc1.O=CC(F)(F)F. The summed E-state index contributed by atoms with van der Waals surface area (Å²) in [6.45, 7) is 10.6. The standard InChI is InChI=1S/C21H32N4O3S.C2HF3O/c1-7-17-19(18(8-2)25(24-17)14-13-22-6)29(27,28)16-11-9-15(10-12-16)23-20(26)21(3,4)5;3-2(4,5)1-6/h9-12,22H,7-8,13-14H2,1-6H3,(H,23,26);1H. The lowest BCUT2D eigenvalue weighted by atomic mass is 9.95. The van der Waals surface area contributed by atoms with Gasteiger partial charge in [0, 0.05) is 17.6 Å². The van der Waals surface area contributed by atoms with Crippen LogP contribution in [0.25, 0.3) is 0 Å². The van der Waals surface area contributed by atoms with E-state index in [9.17, 15) is 26.4 Å². The van der Waals surface area contributed by atoms with Gasteiger partial charge in [-0.05, 0) is 44.2 Å². The van der Waals surface area contributed by atoms with Crippen LogP contribution in [0.1, 0.15) is 46.0 Å². The highest BCUT2D eigenvalue weighted by atomic mass is 32.2. The summed E-state index contributed by atoms with van der Waals surface area (Å²) in [5.74, 6) is -0.125. The summed E-state index contributed by atoms with van der Waals surface area (Å²) in [7, 11) is -1.86. The molecule has 0 spiro atoms. The lowest BCUT2D eigenvalue weighted by Gasteiger charge is -2.17. The van der Waals surface area contributed by atoms with E-state index in [0.29, 0.717) is 42.2 Å². The highest BCUT2D eigenvalue weighted by Crippen LogP contribution is 2.29. The van der Waals surface area contributed by atoms with Gasteiger partial charge in [-0.15, -0.1) is 0 Å². The highest BCUT2D eigenvalue weighted by molar-refractivity contribution is 7.91. The molecule has 0 aliphatic heterocycles. The van der Waals surface area contributed by atoms with Crippen molar-refractivity contribution in [3.05, 3.63) is 35.7 Å². The summed E-state index contributed by atoms with van der Waals surface area (Å²) in [5.41, 5.74) is 1.35. The van der Waals surface area contributed by atoms with Crippen LogP contribution in [0.5, 0.6) is 0 Å². The number of benzene rings is 1. The van der Waals surface area contributed by atoms with Crippen LogP contribution >= 0.6 is 0 Å². The maximum absolute atomic E-state index is 13.4. The zero-order valence-electron chi connectivity index (χ0n) is 20.8. The van der Waals surface area contributed by atoms with Crippen LogP contribution in [0, 0.1) is 5.41 Å². The first-order valence-electron chi connectivity index (χ1n) is 11.0. The Morgan fingerprint density at radius 1 is 1.09 bits per heavy atom. The Kier molecular flexibility index (Phi) is 10.6. The molecule has 2 N–H and O–H groups in total. The van der Waals surface area contributed by atoms with Gasteiger partial charge in [-0.2, -0.15) is 18.3 Å². The largest absolute Gasteiger partial charge is 0.446 e. The Morgan fingerprint density at radius 2 is 1.63 bits per heavy atom. The molecule has 1 heterocycles. The molecule has 1 aromatic heterocycles. The number of alkyl halides is 3. The second-order valence-electron chi connectivity index (χ2n) is 8.65. The molecule has 0 aliphatic rings. The number of hydrogen-bond donors (Lipinski definition) is 2. The summed E-state index contributed by atoms with van der Waals surface area (Å²) in [4.78, 5) is 21.4. The van der Waals surface area contributed by atoms with Gasteiger partial charge in [0.2, 0.25) is 22.0 Å². The van der Waals surface area contributed by atoms with E-state index in [1.165, 1.54) is 12.1 Å². The number of hydrogen-bond acceptors (Lipinski definition) is 6. The fourth-order valence-corrected chi connectivity index (χ4v) is 4.76. The van der Waals surface area contributed by atoms with Crippen molar-refractivity contribution in [3.63, 3.8) is 0 Å². The monoisotopic (exact) mass is 518 g/mol. The van der Waals surface area contributed by atoms with E-state index in [-0.39, 0.29) is 10.8 Å². The molecular weight excluding hydrogens is 485 g/mol. The molecule has 35 heavy (non-hydrogen) atoms. The molecule has 196 valence electrons. The minimum atomic E-state index is -4.64. The normalized spacial score (nSPS) is 12.0. The van der Waals surface area contributed by atoms with Gasteiger partial charge in [0.1, 0.15) is 4.90 Å². The van der Waals surface area contributed by atoms with E-state index in [2.05, 4.69) is 15.7 Å². The number of carbonyl (C=O) groups is 2. The number of amides is 1. The lowest BCUT2D eigenvalue weighted by Crippen LogP contribution is -2.27. The molecule has 0 unspecified atom stereocenters. The summed E-state index contributed by atoms with van der Waals surface area (Å²) < 4.78 is 59.9. The number of carbonyl (C=O) groups excluding carboxylic acids is 2. The minimum Gasteiger partial charge on any atom is -0.326 e. The molecule has 0 radical (unpaired) electrons. The number of aromatic nitrogens is 2. The highest BCUT2D eigenvalue weighted by Gasteiger charge is 2.29. The predicted molar refractivity (Wildman–Crippen MR) is 127 cm³/mol. The van der Waals surface area contributed by atoms with Gasteiger partial charge in [0.05, 0.1) is 22.8 Å². The average Bonchev–Trinajstić information content (AvgIpc) is 3.15. The zero-order valence-corrected chi connectivity index (χ0v) is 21.6. The van der Waals surface area contributed by atoms with Gasteiger partial charge < -0.3 is 10.6 Å². The van der Waals surface area contributed by atoms with E-state index in [1.807, 2.05) is 41.7 Å². The first-order chi connectivity index (χ1) is 16.1. The molecule has 0 aliphatic carbocycles. The van der Waals surface area contributed by atoms with Crippen molar-refractivity contribution in [2.45, 2.75) is 70.0 Å². The first kappa shape index (κ1) is 30.3. The van der Waals surface area contributed by atoms with Gasteiger partial charge in [-0.25, -0.2) is 8.42 Å². The molecule has 12 heteroatoms. The quantitative estimate of drug-likeness (QED) is 0.515. The van der Waals surface area contributed by atoms with E-state index in [4.69, 9.17) is 4.79 Å². The number of aryl methyl sites for hydroxylation is 1. The van der Waals surface area contributed by atoms with E-state index in [1.54, 1.807) is 16.8 Å². The van der Waals surface area contributed by atoms with Crippen molar-refractivity contribution >= 4 is 27.7 Å². The molecule has 0 fully saturated rings. The molecule has 1 amide bonds. The Hall–Kier alpha value is -2.73. The topological polar surface area (TPSA) is 110 Å². The van der Waals surface area contributed by atoms with Crippen LogP contribution in [0.2, 0.25) is 0 Å². The molecule has 0 atom stereocenters. The van der Waals surface area contributed by atoms with Crippen molar-refractivity contribution in [2.24, 2.45) is 5.41 Å². The number of likely N-dealkylation sites (N-methyl/N-ethyl adjacent to an activating group) is 1. The van der Waals surface area contributed by atoms with Crippen molar-refractivity contribution < 1.29 is 31.2 Å². The van der Waals surface area contributed by atoms with Crippen molar-refractivity contribution in [3.8, 4) is 0 Å². The molecule has 0 saturated heterocycles. The van der Waals surface area contributed by atoms with Gasteiger partial charge in [-0.3, -0.25) is 14.3 Å². The second kappa shape index (κ2) is 12.3. The third-order valence-electron chi connectivity index (χ3n) is 4.83.